The lowest BCUT2D eigenvalue weighted by molar-refractivity contribution is 0.600. The van der Waals surface area contributed by atoms with Gasteiger partial charge in [-0.2, -0.15) is 0 Å². The van der Waals surface area contributed by atoms with E-state index in [2.05, 4.69) is 9.71 Å². The average molecular weight is 281 g/mol. The molecular formula is C12H12FN3O2S. The number of aryl methyl sites for hydroxylation is 1. The molecule has 0 saturated carbocycles. The summed E-state index contributed by atoms with van der Waals surface area (Å²) in [7, 11) is -3.81. The number of nitrogens with zero attached hydrogens (tertiary/aromatic N) is 1. The number of rotatable bonds is 3. The van der Waals surface area contributed by atoms with Crippen molar-refractivity contribution in [2.24, 2.45) is 0 Å². The molecule has 2 aromatic rings. The zero-order valence-corrected chi connectivity index (χ0v) is 10.9. The number of nitrogen functional groups attached to an aromatic ring is 1. The monoisotopic (exact) mass is 281 g/mol. The first-order valence-electron chi connectivity index (χ1n) is 5.39. The third-order valence-electron chi connectivity index (χ3n) is 2.53. The standard InChI is InChI=1S/C12H12FN3O2S/c1-8-12(3-2-6-15-8)16-19(17,18)9-4-5-10(13)11(14)7-9/h2-7,16H,14H2,1H3. The number of benzene rings is 1. The number of aromatic nitrogens is 1. The van der Waals surface area contributed by atoms with E-state index in [-0.39, 0.29) is 10.6 Å². The Bertz CT molecular complexity index is 717. The first kappa shape index (κ1) is 13.3. The second-order valence-electron chi connectivity index (χ2n) is 3.93. The number of sulfonamides is 1. The van der Waals surface area contributed by atoms with Crippen LogP contribution in [0, 0.1) is 12.7 Å². The maximum absolute atomic E-state index is 13.0. The van der Waals surface area contributed by atoms with Gasteiger partial charge in [0.1, 0.15) is 5.82 Å². The Morgan fingerprint density at radius 2 is 2.05 bits per heavy atom. The van der Waals surface area contributed by atoms with Gasteiger partial charge >= 0.3 is 0 Å². The largest absolute Gasteiger partial charge is 0.396 e. The smallest absolute Gasteiger partial charge is 0.262 e. The van der Waals surface area contributed by atoms with Crippen LogP contribution >= 0.6 is 0 Å². The molecule has 0 fully saturated rings. The van der Waals surface area contributed by atoms with E-state index in [0.717, 1.165) is 18.2 Å². The van der Waals surface area contributed by atoms with Crippen molar-refractivity contribution in [3.63, 3.8) is 0 Å². The van der Waals surface area contributed by atoms with E-state index >= 15 is 0 Å². The summed E-state index contributed by atoms with van der Waals surface area (Å²) in [5.41, 5.74) is 6.05. The van der Waals surface area contributed by atoms with Crippen molar-refractivity contribution in [3.05, 3.63) is 48.0 Å². The van der Waals surface area contributed by atoms with E-state index in [0.29, 0.717) is 11.4 Å². The van der Waals surface area contributed by atoms with Crippen LogP contribution in [0.4, 0.5) is 15.8 Å². The predicted octanol–water partition coefficient (Wildman–Crippen LogP) is 1.91. The molecule has 7 heteroatoms. The fourth-order valence-corrected chi connectivity index (χ4v) is 2.64. The zero-order chi connectivity index (χ0) is 14.0. The summed E-state index contributed by atoms with van der Waals surface area (Å²) in [6, 6.07) is 6.44. The van der Waals surface area contributed by atoms with Crippen LogP contribution in [0.15, 0.2) is 41.4 Å². The van der Waals surface area contributed by atoms with Crippen molar-refractivity contribution >= 4 is 21.4 Å². The van der Waals surface area contributed by atoms with Gasteiger partial charge < -0.3 is 5.73 Å². The summed E-state index contributed by atoms with van der Waals surface area (Å²) < 4.78 is 39.6. The Balaban J connectivity index is 2.38. The van der Waals surface area contributed by atoms with Gasteiger partial charge in [0.25, 0.3) is 10.0 Å². The molecular weight excluding hydrogens is 269 g/mol. The zero-order valence-electron chi connectivity index (χ0n) is 10.1. The molecule has 3 N–H and O–H groups in total. The highest BCUT2D eigenvalue weighted by Gasteiger charge is 2.16. The molecule has 0 aliphatic heterocycles. The van der Waals surface area contributed by atoms with Crippen molar-refractivity contribution < 1.29 is 12.8 Å². The van der Waals surface area contributed by atoms with Crippen LogP contribution < -0.4 is 10.5 Å². The lowest BCUT2D eigenvalue weighted by Gasteiger charge is -2.10. The SMILES string of the molecule is Cc1ncccc1NS(=O)(=O)c1ccc(F)c(N)c1. The first-order valence-corrected chi connectivity index (χ1v) is 6.88. The van der Waals surface area contributed by atoms with Gasteiger partial charge in [0.05, 0.1) is 22.0 Å². The number of hydrogen-bond donors (Lipinski definition) is 2. The summed E-state index contributed by atoms with van der Waals surface area (Å²) in [5.74, 6) is -0.656. The summed E-state index contributed by atoms with van der Waals surface area (Å²) >= 11 is 0. The van der Waals surface area contributed by atoms with Gasteiger partial charge in [-0.25, -0.2) is 12.8 Å². The Morgan fingerprint density at radius 3 is 2.68 bits per heavy atom. The molecule has 0 aliphatic carbocycles. The molecule has 0 saturated heterocycles. The highest BCUT2D eigenvalue weighted by atomic mass is 32.2. The lowest BCUT2D eigenvalue weighted by atomic mass is 10.3. The molecule has 0 amide bonds. The Labute approximate surface area is 110 Å². The molecule has 1 aromatic heterocycles. The number of anilines is 2. The van der Waals surface area contributed by atoms with Crippen LogP contribution in [0.1, 0.15) is 5.69 Å². The molecule has 0 bridgehead atoms. The first-order chi connectivity index (χ1) is 8.90. The highest BCUT2D eigenvalue weighted by molar-refractivity contribution is 7.92. The minimum atomic E-state index is -3.81. The van der Waals surface area contributed by atoms with Crippen LogP contribution in [-0.4, -0.2) is 13.4 Å². The van der Waals surface area contributed by atoms with Crippen molar-refractivity contribution in [3.8, 4) is 0 Å². The molecule has 0 aliphatic rings. The van der Waals surface area contributed by atoms with Gasteiger partial charge in [0.2, 0.25) is 0 Å². The van der Waals surface area contributed by atoms with Gasteiger partial charge in [-0.3, -0.25) is 9.71 Å². The summed E-state index contributed by atoms with van der Waals surface area (Å²) in [6.07, 6.45) is 1.56. The topological polar surface area (TPSA) is 85.1 Å². The van der Waals surface area contributed by atoms with Crippen molar-refractivity contribution in [2.45, 2.75) is 11.8 Å². The molecule has 5 nitrogen and oxygen atoms in total. The molecule has 0 radical (unpaired) electrons. The van der Waals surface area contributed by atoms with Gasteiger partial charge in [0.15, 0.2) is 0 Å². The summed E-state index contributed by atoms with van der Waals surface area (Å²) in [6.45, 7) is 1.68. The number of hydrogen-bond acceptors (Lipinski definition) is 4. The Morgan fingerprint density at radius 1 is 1.32 bits per heavy atom. The molecule has 2 rings (SSSR count). The normalized spacial score (nSPS) is 11.3. The van der Waals surface area contributed by atoms with Crippen molar-refractivity contribution in [2.75, 3.05) is 10.5 Å². The maximum Gasteiger partial charge on any atom is 0.262 e. The van der Waals surface area contributed by atoms with Crippen LogP contribution in [0.3, 0.4) is 0 Å². The third kappa shape index (κ3) is 2.82. The predicted molar refractivity (Wildman–Crippen MR) is 70.6 cm³/mol. The van der Waals surface area contributed by atoms with Crippen LogP contribution in [0.25, 0.3) is 0 Å². The molecule has 1 heterocycles. The number of pyridine rings is 1. The Kier molecular flexibility index (Phi) is 3.39. The van der Waals surface area contributed by atoms with E-state index in [1.54, 1.807) is 25.3 Å². The fourth-order valence-electron chi connectivity index (χ4n) is 1.48. The number of halogens is 1. The third-order valence-corrected chi connectivity index (χ3v) is 3.89. The maximum atomic E-state index is 13.0. The highest BCUT2D eigenvalue weighted by Crippen LogP contribution is 2.20. The van der Waals surface area contributed by atoms with Crippen LogP contribution in [0.5, 0.6) is 0 Å². The van der Waals surface area contributed by atoms with Gasteiger partial charge in [-0.1, -0.05) is 0 Å². The number of nitrogens with two attached hydrogens (primary N) is 1. The average Bonchev–Trinajstić information content (AvgIpc) is 2.35. The van der Waals surface area contributed by atoms with E-state index < -0.39 is 15.8 Å². The van der Waals surface area contributed by atoms with E-state index in [9.17, 15) is 12.8 Å². The molecule has 0 unspecified atom stereocenters. The van der Waals surface area contributed by atoms with Crippen molar-refractivity contribution in [1.82, 2.24) is 4.98 Å². The van der Waals surface area contributed by atoms with Gasteiger partial charge in [0, 0.05) is 6.20 Å². The van der Waals surface area contributed by atoms with Crippen molar-refractivity contribution in [1.29, 1.82) is 0 Å². The molecule has 0 spiro atoms. The summed E-state index contributed by atoms with van der Waals surface area (Å²) in [5, 5.41) is 0. The quantitative estimate of drug-likeness (QED) is 0.842. The molecule has 0 atom stereocenters. The number of nitrogens with one attached hydrogen (secondary N) is 1. The summed E-state index contributed by atoms with van der Waals surface area (Å²) in [4.78, 5) is 3.87. The fraction of sp³-hybridized carbons (Fsp3) is 0.0833. The minimum Gasteiger partial charge on any atom is -0.396 e. The van der Waals surface area contributed by atoms with Gasteiger partial charge in [-0.05, 0) is 37.3 Å². The molecule has 1 aromatic carbocycles. The minimum absolute atomic E-state index is 0.102. The Hall–Kier alpha value is -2.15. The lowest BCUT2D eigenvalue weighted by Crippen LogP contribution is -2.14. The van der Waals surface area contributed by atoms with Crippen LogP contribution in [0.2, 0.25) is 0 Å². The van der Waals surface area contributed by atoms with E-state index in [1.165, 1.54) is 0 Å². The molecule has 100 valence electrons. The van der Waals surface area contributed by atoms with Gasteiger partial charge in [-0.15, -0.1) is 0 Å². The van der Waals surface area contributed by atoms with E-state index in [1.807, 2.05) is 0 Å². The molecule has 19 heavy (non-hydrogen) atoms. The second kappa shape index (κ2) is 4.85. The second-order valence-corrected chi connectivity index (χ2v) is 5.61. The van der Waals surface area contributed by atoms with Crippen LogP contribution in [-0.2, 0) is 10.0 Å². The van der Waals surface area contributed by atoms with E-state index in [4.69, 9.17) is 5.73 Å².